The van der Waals surface area contributed by atoms with Crippen molar-refractivity contribution >= 4 is 33.2 Å². The van der Waals surface area contributed by atoms with E-state index in [0.717, 1.165) is 36.1 Å². The standard InChI is InChI=1S/C32H38ClN3O5S/c1-40-31-23-26(33)13-18-30(31)41-36(28-7-3-2-4-8-28)42(38,39)29-16-11-25(12-17-29)32(37)34-27-14-9-24(10-15-27)19-22-35-20-5-6-21-35/h2-4,7-8,11-13,16-18,23-24,27H,5-6,9-10,14-15,19-22H2,1H3,(H,34,37). The molecule has 10 heteroatoms. The topological polar surface area (TPSA) is 88.2 Å². The second kappa shape index (κ2) is 13.8. The Morgan fingerprint density at radius 3 is 2.31 bits per heavy atom. The first-order valence-electron chi connectivity index (χ1n) is 14.6. The van der Waals surface area contributed by atoms with Crippen LogP contribution in [-0.2, 0) is 10.0 Å². The lowest BCUT2D eigenvalue weighted by molar-refractivity contribution is 0.0920. The van der Waals surface area contributed by atoms with Crippen molar-refractivity contribution in [1.29, 1.82) is 0 Å². The van der Waals surface area contributed by atoms with Crippen LogP contribution in [-0.4, -0.2) is 52.0 Å². The van der Waals surface area contributed by atoms with E-state index in [1.807, 2.05) is 0 Å². The van der Waals surface area contributed by atoms with Gasteiger partial charge in [0.25, 0.3) is 15.9 Å². The van der Waals surface area contributed by atoms with Crippen LogP contribution in [0.25, 0.3) is 0 Å². The Labute approximate surface area is 253 Å². The van der Waals surface area contributed by atoms with Crippen LogP contribution >= 0.6 is 11.6 Å². The normalized spacial score (nSPS) is 19.3. The third kappa shape index (κ3) is 7.38. The molecule has 1 aliphatic carbocycles. The number of sulfonamides is 1. The van der Waals surface area contributed by atoms with Crippen LogP contribution in [0.1, 0.15) is 55.3 Å². The van der Waals surface area contributed by atoms with Crippen molar-refractivity contribution in [2.24, 2.45) is 5.92 Å². The molecule has 0 aromatic heterocycles. The maximum Gasteiger partial charge on any atom is 0.295 e. The Bertz CT molecular complexity index is 1440. The highest BCUT2D eigenvalue weighted by Crippen LogP contribution is 2.34. The number of hydrogen-bond acceptors (Lipinski definition) is 6. The fraction of sp³-hybridized carbons (Fsp3) is 0.406. The van der Waals surface area contributed by atoms with E-state index in [4.69, 9.17) is 21.2 Å². The SMILES string of the molecule is COc1cc(Cl)ccc1ON(c1ccccc1)S(=O)(=O)c1ccc(C(=O)NC2CCC(CCN3CCCC3)CC2)cc1. The summed E-state index contributed by atoms with van der Waals surface area (Å²) in [5.41, 5.74) is 0.712. The van der Waals surface area contributed by atoms with Crippen molar-refractivity contribution in [3.05, 3.63) is 83.4 Å². The van der Waals surface area contributed by atoms with Crippen LogP contribution in [0.4, 0.5) is 5.69 Å². The van der Waals surface area contributed by atoms with Crippen LogP contribution < -0.4 is 19.4 Å². The first-order chi connectivity index (χ1) is 20.3. The molecule has 0 bridgehead atoms. The van der Waals surface area contributed by atoms with E-state index >= 15 is 0 Å². The first kappa shape index (κ1) is 30.2. The summed E-state index contributed by atoms with van der Waals surface area (Å²) in [6.45, 7) is 3.66. The molecule has 2 aliphatic rings. The second-order valence-electron chi connectivity index (χ2n) is 11.0. The number of likely N-dealkylation sites (tertiary alicyclic amines) is 1. The lowest BCUT2D eigenvalue weighted by atomic mass is 9.84. The zero-order valence-corrected chi connectivity index (χ0v) is 25.4. The molecule has 0 spiro atoms. The lowest BCUT2D eigenvalue weighted by Gasteiger charge is -2.30. The number of hydrogen-bond donors (Lipinski definition) is 1. The summed E-state index contributed by atoms with van der Waals surface area (Å²) in [7, 11) is -2.74. The number of nitrogens with one attached hydrogen (secondary N) is 1. The van der Waals surface area contributed by atoms with Gasteiger partial charge in [-0.3, -0.25) is 4.79 Å². The van der Waals surface area contributed by atoms with Gasteiger partial charge < -0.3 is 19.8 Å². The zero-order chi connectivity index (χ0) is 29.5. The van der Waals surface area contributed by atoms with Gasteiger partial charge in [0.1, 0.15) is 0 Å². The molecule has 1 N–H and O–H groups in total. The number of nitrogens with zero attached hydrogens (tertiary/aromatic N) is 2. The van der Waals surface area contributed by atoms with Crippen LogP contribution in [0.5, 0.6) is 11.5 Å². The summed E-state index contributed by atoms with van der Waals surface area (Å²) in [5.74, 6) is 0.995. The number of methoxy groups -OCH3 is 1. The number of amides is 1. The van der Waals surface area contributed by atoms with Crippen molar-refractivity contribution in [2.75, 3.05) is 31.2 Å². The van der Waals surface area contributed by atoms with Crippen molar-refractivity contribution < 1.29 is 22.8 Å². The number of rotatable bonds is 11. The number of benzene rings is 3. The number of anilines is 1. The van der Waals surface area contributed by atoms with Gasteiger partial charge in [0, 0.05) is 22.7 Å². The average molecular weight is 612 g/mol. The lowest BCUT2D eigenvalue weighted by Crippen LogP contribution is -2.38. The number of halogens is 1. The van der Waals surface area contributed by atoms with Gasteiger partial charge in [0.05, 0.1) is 17.7 Å². The van der Waals surface area contributed by atoms with Gasteiger partial charge in [-0.2, -0.15) is 8.42 Å². The van der Waals surface area contributed by atoms with Gasteiger partial charge in [-0.25, -0.2) is 0 Å². The van der Waals surface area contributed by atoms with Gasteiger partial charge in [-0.1, -0.05) is 34.3 Å². The molecule has 3 aromatic carbocycles. The van der Waals surface area contributed by atoms with Gasteiger partial charge >= 0.3 is 0 Å². The van der Waals surface area contributed by atoms with Gasteiger partial charge in [-0.15, -0.1) is 0 Å². The van der Waals surface area contributed by atoms with Crippen LogP contribution in [0, 0.1) is 5.92 Å². The molecule has 1 saturated carbocycles. The Morgan fingerprint density at radius 2 is 1.64 bits per heavy atom. The summed E-state index contributed by atoms with van der Waals surface area (Å²) < 4.78 is 33.8. The van der Waals surface area contributed by atoms with Crippen molar-refractivity contribution in [3.8, 4) is 11.5 Å². The van der Waals surface area contributed by atoms with E-state index in [1.165, 1.54) is 70.3 Å². The number of carbonyl (C=O) groups is 1. The van der Waals surface area contributed by atoms with Gasteiger partial charge in [0.15, 0.2) is 11.5 Å². The Morgan fingerprint density at radius 1 is 0.952 bits per heavy atom. The summed E-state index contributed by atoms with van der Waals surface area (Å²) in [5, 5.41) is 3.57. The maximum absolute atomic E-state index is 13.8. The average Bonchev–Trinajstić information content (AvgIpc) is 3.54. The fourth-order valence-electron chi connectivity index (χ4n) is 5.71. The van der Waals surface area contributed by atoms with E-state index in [9.17, 15) is 13.2 Å². The van der Waals surface area contributed by atoms with E-state index in [1.54, 1.807) is 48.5 Å². The molecule has 5 rings (SSSR count). The summed E-state index contributed by atoms with van der Waals surface area (Å²) in [4.78, 5) is 21.5. The highest BCUT2D eigenvalue weighted by molar-refractivity contribution is 7.92. The minimum Gasteiger partial charge on any atom is -0.493 e. The monoisotopic (exact) mass is 611 g/mol. The predicted octanol–water partition coefficient (Wildman–Crippen LogP) is 6.31. The number of para-hydroxylation sites is 1. The zero-order valence-electron chi connectivity index (χ0n) is 23.9. The number of ether oxygens (including phenoxy) is 1. The highest BCUT2D eigenvalue weighted by atomic mass is 35.5. The third-order valence-corrected chi connectivity index (χ3v) is 9.97. The maximum atomic E-state index is 13.8. The molecule has 1 heterocycles. The molecule has 3 aromatic rings. The van der Waals surface area contributed by atoms with Crippen LogP contribution in [0.3, 0.4) is 0 Å². The Hall–Kier alpha value is -3.27. The molecular formula is C32H38ClN3O5S. The third-order valence-electron chi connectivity index (χ3n) is 8.14. The van der Waals surface area contributed by atoms with Gasteiger partial charge in [-0.05, 0) is 119 Å². The fourth-order valence-corrected chi connectivity index (χ4v) is 7.12. The van der Waals surface area contributed by atoms with Crippen molar-refractivity contribution in [2.45, 2.75) is 55.9 Å². The molecule has 0 unspecified atom stereocenters. The van der Waals surface area contributed by atoms with Crippen LogP contribution in [0.2, 0.25) is 5.02 Å². The van der Waals surface area contributed by atoms with Crippen molar-refractivity contribution in [3.63, 3.8) is 0 Å². The van der Waals surface area contributed by atoms with E-state index in [2.05, 4.69) is 10.2 Å². The van der Waals surface area contributed by atoms with Crippen LogP contribution in [0.15, 0.2) is 77.7 Å². The minimum absolute atomic E-state index is 0.0191. The molecule has 1 amide bonds. The van der Waals surface area contributed by atoms with Crippen molar-refractivity contribution in [1.82, 2.24) is 10.2 Å². The number of carbonyl (C=O) groups excluding carboxylic acids is 1. The Kier molecular flexibility index (Phi) is 9.92. The quantitative estimate of drug-likeness (QED) is 0.256. The molecule has 1 saturated heterocycles. The summed E-state index contributed by atoms with van der Waals surface area (Å²) >= 11 is 6.08. The molecule has 224 valence electrons. The molecule has 2 fully saturated rings. The molecule has 42 heavy (non-hydrogen) atoms. The summed E-state index contributed by atoms with van der Waals surface area (Å²) in [6.07, 6.45) is 8.09. The van der Waals surface area contributed by atoms with E-state index in [0.29, 0.717) is 16.3 Å². The Balaban J connectivity index is 1.24. The molecular weight excluding hydrogens is 574 g/mol. The molecule has 0 radical (unpaired) electrons. The summed E-state index contributed by atoms with van der Waals surface area (Å²) in [6, 6.07) is 19.2. The molecule has 1 aliphatic heterocycles. The predicted molar refractivity (Wildman–Crippen MR) is 165 cm³/mol. The highest BCUT2D eigenvalue weighted by Gasteiger charge is 2.29. The van der Waals surface area contributed by atoms with Gasteiger partial charge in [0.2, 0.25) is 0 Å². The minimum atomic E-state index is -4.19. The molecule has 8 nitrogen and oxygen atoms in total. The van der Waals surface area contributed by atoms with E-state index in [-0.39, 0.29) is 28.3 Å². The second-order valence-corrected chi connectivity index (χ2v) is 13.2. The largest absolute Gasteiger partial charge is 0.493 e. The van der Waals surface area contributed by atoms with E-state index < -0.39 is 10.0 Å². The first-order valence-corrected chi connectivity index (χ1v) is 16.4. The smallest absolute Gasteiger partial charge is 0.295 e. The molecule has 0 atom stereocenters.